The van der Waals surface area contributed by atoms with Gasteiger partial charge in [-0.15, -0.1) is 0 Å². The van der Waals surface area contributed by atoms with Gasteiger partial charge in [0, 0.05) is 0 Å². The number of ether oxygens (including phenoxy) is 1. The van der Waals surface area contributed by atoms with Crippen LogP contribution >= 0.6 is 22.6 Å². The van der Waals surface area contributed by atoms with Gasteiger partial charge in [-0.3, -0.25) is 14.3 Å². The van der Waals surface area contributed by atoms with E-state index >= 15 is 0 Å². The lowest BCUT2D eigenvalue weighted by Crippen LogP contribution is -2.35. The molecular formula is C7H8FIN2O4. The largest absolute Gasteiger partial charge is 0.394 e. The van der Waals surface area contributed by atoms with E-state index in [1.54, 1.807) is 4.98 Å². The van der Waals surface area contributed by atoms with E-state index in [1.165, 1.54) is 22.6 Å². The molecule has 1 rings (SSSR count). The molecule has 0 atom stereocenters. The van der Waals surface area contributed by atoms with Crippen LogP contribution in [0.4, 0.5) is 4.39 Å². The summed E-state index contributed by atoms with van der Waals surface area (Å²) in [5.41, 5.74) is -1.80. The number of aromatic amines is 1. The molecule has 0 radical (unpaired) electrons. The highest BCUT2D eigenvalue weighted by atomic mass is 127. The Labute approximate surface area is 96.8 Å². The van der Waals surface area contributed by atoms with Crippen LogP contribution in [0.2, 0.25) is 0 Å². The van der Waals surface area contributed by atoms with Crippen molar-refractivity contribution in [2.45, 2.75) is 6.73 Å². The van der Waals surface area contributed by atoms with Crippen molar-refractivity contribution in [3.63, 3.8) is 0 Å². The third kappa shape index (κ3) is 2.86. The molecule has 2 N–H and O–H groups in total. The highest BCUT2D eigenvalue weighted by molar-refractivity contribution is 14.1. The average Bonchev–Trinajstić information content (AvgIpc) is 2.20. The van der Waals surface area contributed by atoms with E-state index in [4.69, 9.17) is 9.84 Å². The van der Waals surface area contributed by atoms with Crippen LogP contribution in [0.1, 0.15) is 0 Å². The van der Waals surface area contributed by atoms with Crippen molar-refractivity contribution in [1.29, 1.82) is 0 Å². The summed E-state index contributed by atoms with van der Waals surface area (Å²) >= 11 is 1.53. The van der Waals surface area contributed by atoms with Gasteiger partial charge in [0.05, 0.1) is 13.2 Å². The molecule has 0 saturated heterocycles. The molecule has 0 aliphatic heterocycles. The Hall–Kier alpha value is -0.740. The molecule has 0 aliphatic rings. The second-order valence-corrected chi connectivity index (χ2v) is 3.57. The number of nitrogens with one attached hydrogen (secondary N) is 1. The molecule has 1 heterocycles. The van der Waals surface area contributed by atoms with Crippen LogP contribution in [-0.4, -0.2) is 27.9 Å². The number of nitrogens with zero attached hydrogens (tertiary/aromatic N) is 1. The molecule has 1 aromatic heterocycles. The second-order valence-electron chi connectivity index (χ2n) is 2.55. The van der Waals surface area contributed by atoms with E-state index in [2.05, 4.69) is 0 Å². The highest BCUT2D eigenvalue weighted by Crippen LogP contribution is 2.03. The molecule has 0 amide bonds. The zero-order valence-electron chi connectivity index (χ0n) is 7.50. The Kier molecular flexibility index (Phi) is 4.42. The topological polar surface area (TPSA) is 84.3 Å². The van der Waals surface area contributed by atoms with E-state index in [0.717, 1.165) is 4.57 Å². The van der Waals surface area contributed by atoms with Gasteiger partial charge in [0.2, 0.25) is 5.82 Å². The fourth-order valence-corrected chi connectivity index (χ4v) is 1.46. The van der Waals surface area contributed by atoms with Gasteiger partial charge < -0.3 is 9.84 Å². The zero-order valence-corrected chi connectivity index (χ0v) is 9.65. The normalized spacial score (nSPS) is 10.6. The third-order valence-corrected chi connectivity index (χ3v) is 2.59. The first-order valence-electron chi connectivity index (χ1n) is 3.94. The molecule has 84 valence electrons. The number of hydrogen-bond donors (Lipinski definition) is 2. The summed E-state index contributed by atoms with van der Waals surface area (Å²) in [5.74, 6) is -1.03. The number of hydrogen-bond acceptors (Lipinski definition) is 4. The summed E-state index contributed by atoms with van der Waals surface area (Å²) in [4.78, 5) is 23.8. The molecule has 0 fully saturated rings. The van der Waals surface area contributed by atoms with E-state index in [0.29, 0.717) is 0 Å². The fraction of sp³-hybridized carbons (Fsp3) is 0.429. The van der Waals surface area contributed by atoms with Crippen molar-refractivity contribution in [3.8, 4) is 0 Å². The molecule has 0 unspecified atom stereocenters. The van der Waals surface area contributed by atoms with Crippen molar-refractivity contribution < 1.29 is 14.2 Å². The first kappa shape index (κ1) is 12.3. The van der Waals surface area contributed by atoms with Gasteiger partial charge in [-0.2, -0.15) is 4.39 Å². The maximum atomic E-state index is 13.1. The van der Waals surface area contributed by atoms with Crippen molar-refractivity contribution >= 4 is 22.6 Å². The standard InChI is InChI=1S/C7H8FIN2O4/c8-4-5(9)11(3-15-2-1-12)7(14)10-6(4)13/h12H,1-3H2,(H,10,13,14). The van der Waals surface area contributed by atoms with E-state index < -0.39 is 17.1 Å². The number of aliphatic hydroxyl groups is 1. The molecule has 15 heavy (non-hydrogen) atoms. The van der Waals surface area contributed by atoms with Gasteiger partial charge in [0.1, 0.15) is 10.4 Å². The molecule has 0 spiro atoms. The van der Waals surface area contributed by atoms with E-state index in [9.17, 15) is 14.0 Å². The van der Waals surface area contributed by atoms with Crippen LogP contribution < -0.4 is 11.2 Å². The van der Waals surface area contributed by atoms with Crippen molar-refractivity contribution in [2.75, 3.05) is 13.2 Å². The number of halogens is 2. The summed E-state index contributed by atoms with van der Waals surface area (Å²) in [6.45, 7) is -0.383. The Morgan fingerprint density at radius 3 is 2.80 bits per heavy atom. The van der Waals surface area contributed by atoms with Crippen LogP contribution in [0, 0.1) is 9.52 Å². The Morgan fingerprint density at radius 2 is 2.20 bits per heavy atom. The SMILES string of the molecule is O=c1[nH]c(=O)n(COCCO)c(I)c1F. The van der Waals surface area contributed by atoms with Crippen molar-refractivity contribution in [3.05, 3.63) is 30.4 Å². The van der Waals surface area contributed by atoms with Crippen LogP contribution in [0.5, 0.6) is 0 Å². The maximum absolute atomic E-state index is 13.1. The minimum atomic E-state index is -1.05. The van der Waals surface area contributed by atoms with Gasteiger partial charge in [-0.25, -0.2) is 4.79 Å². The fourth-order valence-electron chi connectivity index (χ4n) is 0.856. The third-order valence-electron chi connectivity index (χ3n) is 1.54. The van der Waals surface area contributed by atoms with Gasteiger partial charge in [0.25, 0.3) is 5.56 Å². The molecule has 0 bridgehead atoms. The number of aliphatic hydroxyl groups excluding tert-OH is 1. The summed E-state index contributed by atoms with van der Waals surface area (Å²) in [5, 5.41) is 8.44. The minimum absolute atomic E-state index is 0.0310. The summed E-state index contributed by atoms with van der Waals surface area (Å²) in [7, 11) is 0. The first-order valence-corrected chi connectivity index (χ1v) is 5.02. The van der Waals surface area contributed by atoms with E-state index in [1.807, 2.05) is 0 Å². The monoisotopic (exact) mass is 330 g/mol. The molecule has 1 aromatic rings. The second kappa shape index (κ2) is 5.37. The maximum Gasteiger partial charge on any atom is 0.331 e. The van der Waals surface area contributed by atoms with Gasteiger partial charge in [-0.05, 0) is 22.6 Å². The van der Waals surface area contributed by atoms with Gasteiger partial charge >= 0.3 is 5.69 Å². The summed E-state index contributed by atoms with van der Waals surface area (Å²) in [6, 6.07) is 0. The molecule has 0 saturated carbocycles. The Bertz CT molecular complexity index is 455. The molecule has 0 aliphatic carbocycles. The lowest BCUT2D eigenvalue weighted by atomic mass is 10.6. The number of H-pyrrole nitrogens is 1. The minimum Gasteiger partial charge on any atom is -0.394 e. The lowest BCUT2D eigenvalue weighted by Gasteiger charge is -2.07. The average molecular weight is 330 g/mol. The molecule has 0 aromatic carbocycles. The number of aromatic nitrogens is 2. The predicted octanol–water partition coefficient (Wildman–Crippen LogP) is -0.753. The Balaban J connectivity index is 3.02. The van der Waals surface area contributed by atoms with Crippen LogP contribution in [0.25, 0.3) is 0 Å². The summed E-state index contributed by atoms with van der Waals surface area (Å²) < 4.78 is 18.7. The number of rotatable bonds is 4. The quantitative estimate of drug-likeness (QED) is 0.432. The molecule has 6 nitrogen and oxygen atoms in total. The Morgan fingerprint density at radius 1 is 1.53 bits per heavy atom. The van der Waals surface area contributed by atoms with Crippen LogP contribution in [0.15, 0.2) is 9.59 Å². The summed E-state index contributed by atoms with van der Waals surface area (Å²) in [6.07, 6.45) is 0. The molecule has 8 heteroatoms. The van der Waals surface area contributed by atoms with Gasteiger partial charge in [0.15, 0.2) is 0 Å². The predicted molar refractivity (Wildman–Crippen MR) is 57.0 cm³/mol. The van der Waals surface area contributed by atoms with Crippen LogP contribution in [0.3, 0.4) is 0 Å². The smallest absolute Gasteiger partial charge is 0.331 e. The van der Waals surface area contributed by atoms with E-state index in [-0.39, 0.29) is 23.6 Å². The van der Waals surface area contributed by atoms with Crippen molar-refractivity contribution in [1.82, 2.24) is 9.55 Å². The first-order chi connectivity index (χ1) is 7.07. The van der Waals surface area contributed by atoms with Gasteiger partial charge in [-0.1, -0.05) is 0 Å². The van der Waals surface area contributed by atoms with Crippen LogP contribution in [-0.2, 0) is 11.5 Å². The zero-order chi connectivity index (χ0) is 11.4. The lowest BCUT2D eigenvalue weighted by molar-refractivity contribution is 0.0436. The molecular weight excluding hydrogens is 322 g/mol. The highest BCUT2D eigenvalue weighted by Gasteiger charge is 2.11. The van der Waals surface area contributed by atoms with Crippen molar-refractivity contribution in [2.24, 2.45) is 0 Å².